The van der Waals surface area contributed by atoms with Crippen LogP contribution >= 0.6 is 0 Å². The summed E-state index contributed by atoms with van der Waals surface area (Å²) in [6.07, 6.45) is 0.790. The Morgan fingerprint density at radius 2 is 1.63 bits per heavy atom. The van der Waals surface area contributed by atoms with E-state index in [9.17, 15) is 8.42 Å². The average Bonchev–Trinajstić information content (AvgIpc) is 2.70. The van der Waals surface area contributed by atoms with Gasteiger partial charge in [0.05, 0.1) is 17.7 Å². The molecule has 3 rings (SSSR count). The van der Waals surface area contributed by atoms with Crippen molar-refractivity contribution >= 4 is 15.7 Å². The van der Waals surface area contributed by atoms with Crippen molar-refractivity contribution in [2.75, 3.05) is 51.3 Å². The summed E-state index contributed by atoms with van der Waals surface area (Å²) in [5.74, 6) is 0.905. The quantitative estimate of drug-likeness (QED) is 0.651. The van der Waals surface area contributed by atoms with Gasteiger partial charge < -0.3 is 9.64 Å². The van der Waals surface area contributed by atoms with E-state index in [0.717, 1.165) is 67.3 Å². The largest absolute Gasteiger partial charge is 0.495 e. The number of methoxy groups -OCH3 is 1. The van der Waals surface area contributed by atoms with Crippen LogP contribution < -0.4 is 14.4 Å². The van der Waals surface area contributed by atoms with Gasteiger partial charge in [0, 0.05) is 32.7 Å². The van der Waals surface area contributed by atoms with E-state index < -0.39 is 10.0 Å². The van der Waals surface area contributed by atoms with E-state index in [4.69, 9.17) is 4.74 Å². The Bertz CT molecular complexity index is 944. The van der Waals surface area contributed by atoms with Gasteiger partial charge >= 0.3 is 0 Å². The van der Waals surface area contributed by atoms with Gasteiger partial charge in [0.25, 0.3) is 0 Å². The van der Waals surface area contributed by atoms with Gasteiger partial charge in [-0.05, 0) is 57.0 Å². The lowest BCUT2D eigenvalue weighted by atomic mass is 10.1. The van der Waals surface area contributed by atoms with Crippen molar-refractivity contribution in [1.82, 2.24) is 9.62 Å². The summed E-state index contributed by atoms with van der Waals surface area (Å²) in [4.78, 5) is 5.15. The highest BCUT2D eigenvalue weighted by molar-refractivity contribution is 7.89. The molecule has 0 atom stereocenters. The number of sulfonamides is 1. The molecule has 0 radical (unpaired) electrons. The third-order valence-electron chi connectivity index (χ3n) is 5.61. The van der Waals surface area contributed by atoms with E-state index in [2.05, 4.69) is 20.6 Å². The van der Waals surface area contributed by atoms with Gasteiger partial charge in [-0.2, -0.15) is 0 Å². The Labute approximate surface area is 180 Å². The SMILES string of the molecule is COc1ccccc1N1CCN(CCCNS(=O)(=O)c2c(C)cc(C)cc2C)CC1. The zero-order valence-corrected chi connectivity index (χ0v) is 19.3. The van der Waals surface area contributed by atoms with Crippen LogP contribution in [0.3, 0.4) is 0 Å². The van der Waals surface area contributed by atoms with Crippen molar-refractivity contribution in [2.45, 2.75) is 32.1 Å². The van der Waals surface area contributed by atoms with Crippen LogP contribution in [0.1, 0.15) is 23.1 Å². The van der Waals surface area contributed by atoms with Crippen molar-refractivity contribution in [1.29, 1.82) is 0 Å². The van der Waals surface area contributed by atoms with Crippen molar-refractivity contribution in [3.05, 3.63) is 53.1 Å². The number of benzene rings is 2. The molecule has 1 aliphatic rings. The zero-order valence-electron chi connectivity index (χ0n) is 18.4. The number of aryl methyl sites for hydroxylation is 3. The minimum atomic E-state index is -3.48. The fourth-order valence-electron chi connectivity index (χ4n) is 4.28. The summed E-state index contributed by atoms with van der Waals surface area (Å²) < 4.78 is 33.8. The van der Waals surface area contributed by atoms with E-state index in [0.29, 0.717) is 11.4 Å². The molecule has 0 amide bonds. The molecule has 0 spiro atoms. The standard InChI is InChI=1S/C23H33N3O3S/c1-18-16-19(2)23(20(3)17-18)30(27,28)24-10-7-11-25-12-14-26(15-13-25)21-8-5-6-9-22(21)29-4/h5-6,8-9,16-17,24H,7,10-15H2,1-4H3. The van der Waals surface area contributed by atoms with Gasteiger partial charge in [-0.3, -0.25) is 4.90 Å². The van der Waals surface area contributed by atoms with Gasteiger partial charge in [-0.1, -0.05) is 29.8 Å². The first-order valence-electron chi connectivity index (χ1n) is 10.5. The Balaban J connectivity index is 1.47. The molecular weight excluding hydrogens is 398 g/mol. The third-order valence-corrected chi connectivity index (χ3v) is 7.38. The summed E-state index contributed by atoms with van der Waals surface area (Å²) in [7, 11) is -1.78. The fourth-order valence-corrected chi connectivity index (χ4v) is 5.80. The number of nitrogens with zero attached hydrogens (tertiary/aromatic N) is 2. The molecule has 164 valence electrons. The van der Waals surface area contributed by atoms with Gasteiger partial charge in [-0.25, -0.2) is 13.1 Å². The van der Waals surface area contributed by atoms with E-state index in [1.807, 2.05) is 51.1 Å². The van der Waals surface area contributed by atoms with E-state index in [1.54, 1.807) is 7.11 Å². The highest BCUT2D eigenvalue weighted by Crippen LogP contribution is 2.28. The monoisotopic (exact) mass is 431 g/mol. The molecule has 2 aromatic carbocycles. The number of nitrogens with one attached hydrogen (secondary N) is 1. The molecule has 1 saturated heterocycles. The molecule has 1 fully saturated rings. The smallest absolute Gasteiger partial charge is 0.241 e. The fraction of sp³-hybridized carbons (Fsp3) is 0.478. The average molecular weight is 432 g/mol. The zero-order chi connectivity index (χ0) is 21.7. The lowest BCUT2D eigenvalue weighted by Crippen LogP contribution is -2.47. The number of para-hydroxylation sites is 2. The van der Waals surface area contributed by atoms with Crippen molar-refractivity contribution in [2.24, 2.45) is 0 Å². The Morgan fingerprint density at radius 3 is 2.27 bits per heavy atom. The first-order valence-corrected chi connectivity index (χ1v) is 12.0. The molecule has 0 unspecified atom stereocenters. The predicted octanol–water partition coefficient (Wildman–Crippen LogP) is 3.11. The number of ether oxygens (including phenoxy) is 1. The van der Waals surface area contributed by atoms with Crippen LogP contribution in [-0.2, 0) is 10.0 Å². The van der Waals surface area contributed by atoms with Crippen molar-refractivity contribution in [3.8, 4) is 5.75 Å². The van der Waals surface area contributed by atoms with Crippen LogP contribution in [0.2, 0.25) is 0 Å². The topological polar surface area (TPSA) is 61.9 Å². The van der Waals surface area contributed by atoms with Crippen LogP contribution in [0.25, 0.3) is 0 Å². The Kier molecular flexibility index (Phi) is 7.39. The normalized spacial score (nSPS) is 15.4. The molecule has 1 heterocycles. The number of hydrogen-bond donors (Lipinski definition) is 1. The molecule has 7 heteroatoms. The molecule has 1 N–H and O–H groups in total. The molecule has 30 heavy (non-hydrogen) atoms. The first kappa shape index (κ1) is 22.6. The second-order valence-corrected chi connectivity index (χ2v) is 9.68. The van der Waals surface area contributed by atoms with Crippen LogP contribution in [-0.4, -0.2) is 59.7 Å². The lowest BCUT2D eigenvalue weighted by Gasteiger charge is -2.36. The summed E-state index contributed by atoms with van der Waals surface area (Å²) in [5.41, 5.74) is 3.81. The maximum Gasteiger partial charge on any atom is 0.241 e. The summed E-state index contributed by atoms with van der Waals surface area (Å²) in [5, 5.41) is 0. The molecule has 0 bridgehead atoms. The van der Waals surface area contributed by atoms with Gasteiger partial charge in [0.2, 0.25) is 10.0 Å². The molecule has 0 saturated carbocycles. The molecule has 0 aliphatic carbocycles. The van der Waals surface area contributed by atoms with Crippen molar-refractivity contribution in [3.63, 3.8) is 0 Å². The Hall–Kier alpha value is -2.09. The summed E-state index contributed by atoms with van der Waals surface area (Å²) in [6, 6.07) is 11.9. The van der Waals surface area contributed by atoms with Gasteiger partial charge in [-0.15, -0.1) is 0 Å². The summed E-state index contributed by atoms with van der Waals surface area (Å²) in [6.45, 7) is 10.8. The molecule has 1 aliphatic heterocycles. The third kappa shape index (κ3) is 5.33. The minimum Gasteiger partial charge on any atom is -0.495 e. The van der Waals surface area contributed by atoms with Crippen molar-refractivity contribution < 1.29 is 13.2 Å². The van der Waals surface area contributed by atoms with Crippen LogP contribution in [0.5, 0.6) is 5.75 Å². The maximum absolute atomic E-state index is 12.8. The van der Waals surface area contributed by atoms with Gasteiger partial charge in [0.15, 0.2) is 0 Å². The van der Waals surface area contributed by atoms with Gasteiger partial charge in [0.1, 0.15) is 5.75 Å². The van der Waals surface area contributed by atoms with E-state index >= 15 is 0 Å². The molecular formula is C23H33N3O3S. The second kappa shape index (κ2) is 9.81. The maximum atomic E-state index is 12.8. The highest BCUT2D eigenvalue weighted by Gasteiger charge is 2.21. The predicted molar refractivity (Wildman–Crippen MR) is 122 cm³/mol. The number of anilines is 1. The first-order chi connectivity index (χ1) is 14.3. The van der Waals surface area contributed by atoms with Crippen LogP contribution in [0.15, 0.2) is 41.3 Å². The molecule has 0 aromatic heterocycles. The highest BCUT2D eigenvalue weighted by atomic mass is 32.2. The van der Waals surface area contributed by atoms with Crippen LogP contribution in [0.4, 0.5) is 5.69 Å². The van der Waals surface area contributed by atoms with Crippen LogP contribution in [0, 0.1) is 20.8 Å². The Morgan fingerprint density at radius 1 is 1.00 bits per heavy atom. The number of piperazine rings is 1. The summed E-state index contributed by atoms with van der Waals surface area (Å²) >= 11 is 0. The second-order valence-electron chi connectivity index (χ2n) is 7.98. The molecule has 2 aromatic rings. The minimum absolute atomic E-state index is 0.415. The van der Waals surface area contributed by atoms with E-state index in [1.165, 1.54) is 0 Å². The van der Waals surface area contributed by atoms with E-state index in [-0.39, 0.29) is 0 Å². The number of rotatable bonds is 8. The number of hydrogen-bond acceptors (Lipinski definition) is 5. The lowest BCUT2D eigenvalue weighted by molar-refractivity contribution is 0.254. The molecule has 6 nitrogen and oxygen atoms in total.